The first kappa shape index (κ1) is 12.6. The minimum absolute atomic E-state index is 0.348. The molecule has 1 aromatic heterocycles. The molecular formula is C14H18N2O2. The van der Waals surface area contributed by atoms with Crippen LogP contribution in [0.3, 0.4) is 0 Å². The summed E-state index contributed by atoms with van der Waals surface area (Å²) in [6, 6.07) is 4.07. The third-order valence-corrected chi connectivity index (χ3v) is 2.99. The molecule has 96 valence electrons. The Kier molecular flexibility index (Phi) is 3.39. The molecule has 1 aromatic carbocycles. The van der Waals surface area contributed by atoms with E-state index in [1.807, 2.05) is 26.8 Å². The monoisotopic (exact) mass is 246 g/mol. The molecule has 4 nitrogen and oxygen atoms in total. The highest BCUT2D eigenvalue weighted by Gasteiger charge is 2.15. The topological polar surface area (TPSA) is 61.3 Å². The van der Waals surface area contributed by atoms with E-state index in [0.717, 1.165) is 33.9 Å². The minimum atomic E-state index is 0.348. The Morgan fingerprint density at radius 2 is 1.94 bits per heavy atom. The van der Waals surface area contributed by atoms with Gasteiger partial charge in [-0.2, -0.15) is 0 Å². The number of oxazole rings is 1. The van der Waals surface area contributed by atoms with Crippen LogP contribution in [0.5, 0.6) is 5.75 Å². The predicted octanol–water partition coefficient (Wildman–Crippen LogP) is 2.73. The molecule has 0 fully saturated rings. The Labute approximate surface area is 107 Å². The van der Waals surface area contributed by atoms with Gasteiger partial charge in [0.15, 0.2) is 5.89 Å². The van der Waals surface area contributed by atoms with Crippen LogP contribution >= 0.6 is 0 Å². The second kappa shape index (κ2) is 4.82. The highest BCUT2D eigenvalue weighted by atomic mass is 16.5. The van der Waals surface area contributed by atoms with Crippen molar-refractivity contribution in [3.05, 3.63) is 34.9 Å². The van der Waals surface area contributed by atoms with Crippen LogP contribution in [0, 0.1) is 20.8 Å². The number of nitrogens with zero attached hydrogens (tertiary/aromatic N) is 1. The van der Waals surface area contributed by atoms with Gasteiger partial charge in [0, 0.05) is 12.5 Å². The van der Waals surface area contributed by atoms with Crippen LogP contribution in [0.1, 0.15) is 22.8 Å². The molecule has 0 spiro atoms. The first-order valence-corrected chi connectivity index (χ1v) is 5.88. The summed E-state index contributed by atoms with van der Waals surface area (Å²) in [5.74, 6) is 2.24. The zero-order valence-corrected chi connectivity index (χ0v) is 11.2. The van der Waals surface area contributed by atoms with Gasteiger partial charge in [-0.25, -0.2) is 4.98 Å². The highest BCUT2D eigenvalue weighted by molar-refractivity contribution is 5.68. The van der Waals surface area contributed by atoms with Crippen molar-refractivity contribution in [2.45, 2.75) is 27.3 Å². The molecule has 0 saturated heterocycles. The summed E-state index contributed by atoms with van der Waals surface area (Å²) in [7, 11) is 1.67. The molecule has 2 rings (SSSR count). The van der Waals surface area contributed by atoms with E-state index in [2.05, 4.69) is 11.1 Å². The fourth-order valence-corrected chi connectivity index (χ4v) is 2.08. The molecule has 2 N–H and O–H groups in total. The molecule has 4 heteroatoms. The number of aryl methyl sites for hydroxylation is 3. The predicted molar refractivity (Wildman–Crippen MR) is 70.6 cm³/mol. The molecule has 0 aliphatic heterocycles. The van der Waals surface area contributed by atoms with Gasteiger partial charge in [0.05, 0.1) is 13.7 Å². The third kappa shape index (κ3) is 2.11. The summed E-state index contributed by atoms with van der Waals surface area (Å²) >= 11 is 0. The number of rotatable bonds is 3. The summed E-state index contributed by atoms with van der Waals surface area (Å²) in [5, 5.41) is 0. The van der Waals surface area contributed by atoms with E-state index in [-0.39, 0.29) is 0 Å². The van der Waals surface area contributed by atoms with Gasteiger partial charge in [-0.1, -0.05) is 0 Å². The van der Waals surface area contributed by atoms with E-state index >= 15 is 0 Å². The van der Waals surface area contributed by atoms with E-state index in [4.69, 9.17) is 14.9 Å². The maximum atomic E-state index is 5.69. The van der Waals surface area contributed by atoms with Crippen LogP contribution in [-0.4, -0.2) is 12.1 Å². The number of hydrogen-bond acceptors (Lipinski definition) is 4. The Balaban J connectivity index is 2.60. The third-order valence-electron chi connectivity index (χ3n) is 2.99. The molecule has 0 aliphatic rings. The van der Waals surface area contributed by atoms with Crippen molar-refractivity contribution in [3.8, 4) is 17.0 Å². The number of ether oxygens (including phenoxy) is 1. The van der Waals surface area contributed by atoms with Crippen molar-refractivity contribution in [2.75, 3.05) is 7.11 Å². The average molecular weight is 246 g/mol. The SMILES string of the molecule is COc1cc(C)c(-c2nc(C)oc2CN)cc1C. The van der Waals surface area contributed by atoms with E-state index in [1.165, 1.54) is 0 Å². The average Bonchev–Trinajstić information content (AvgIpc) is 2.72. The second-order valence-electron chi connectivity index (χ2n) is 4.35. The summed E-state index contributed by atoms with van der Waals surface area (Å²) in [5.41, 5.74) is 9.73. The van der Waals surface area contributed by atoms with Crippen LogP contribution in [-0.2, 0) is 6.54 Å². The van der Waals surface area contributed by atoms with Crippen molar-refractivity contribution >= 4 is 0 Å². The van der Waals surface area contributed by atoms with Gasteiger partial charge in [-0.3, -0.25) is 0 Å². The van der Waals surface area contributed by atoms with Crippen molar-refractivity contribution in [2.24, 2.45) is 5.73 Å². The van der Waals surface area contributed by atoms with E-state index in [9.17, 15) is 0 Å². The standard InChI is InChI=1S/C14H18N2O2/c1-8-6-12(17-4)9(2)5-11(8)14-13(7-15)18-10(3)16-14/h5-6H,7,15H2,1-4H3. The first-order valence-electron chi connectivity index (χ1n) is 5.88. The van der Waals surface area contributed by atoms with E-state index < -0.39 is 0 Å². The maximum absolute atomic E-state index is 5.69. The lowest BCUT2D eigenvalue weighted by Gasteiger charge is -2.10. The van der Waals surface area contributed by atoms with Crippen molar-refractivity contribution in [3.63, 3.8) is 0 Å². The largest absolute Gasteiger partial charge is 0.496 e. The Morgan fingerprint density at radius 1 is 1.22 bits per heavy atom. The van der Waals surface area contributed by atoms with Crippen LogP contribution in [0.15, 0.2) is 16.5 Å². The Bertz CT molecular complexity index is 573. The molecule has 0 amide bonds. The quantitative estimate of drug-likeness (QED) is 0.904. The van der Waals surface area contributed by atoms with Gasteiger partial charge < -0.3 is 14.9 Å². The maximum Gasteiger partial charge on any atom is 0.191 e. The van der Waals surface area contributed by atoms with Crippen LogP contribution in [0.4, 0.5) is 0 Å². The van der Waals surface area contributed by atoms with E-state index in [0.29, 0.717) is 12.4 Å². The summed E-state index contributed by atoms with van der Waals surface area (Å²) in [6.45, 7) is 6.22. The fourth-order valence-electron chi connectivity index (χ4n) is 2.08. The molecule has 0 aliphatic carbocycles. The molecular weight excluding hydrogens is 228 g/mol. The molecule has 0 unspecified atom stereocenters. The highest BCUT2D eigenvalue weighted by Crippen LogP contribution is 2.31. The molecule has 1 heterocycles. The Morgan fingerprint density at radius 3 is 2.56 bits per heavy atom. The van der Waals surface area contributed by atoms with Gasteiger partial charge in [-0.05, 0) is 37.1 Å². The number of nitrogens with two attached hydrogens (primary N) is 1. The van der Waals surface area contributed by atoms with Crippen molar-refractivity contribution < 1.29 is 9.15 Å². The number of methoxy groups -OCH3 is 1. The van der Waals surface area contributed by atoms with Crippen LogP contribution in [0.2, 0.25) is 0 Å². The summed E-state index contributed by atoms with van der Waals surface area (Å²) in [6.07, 6.45) is 0. The molecule has 0 radical (unpaired) electrons. The van der Waals surface area contributed by atoms with Crippen LogP contribution in [0.25, 0.3) is 11.3 Å². The smallest absolute Gasteiger partial charge is 0.191 e. The number of hydrogen-bond donors (Lipinski definition) is 1. The summed E-state index contributed by atoms with van der Waals surface area (Å²) in [4.78, 5) is 4.42. The van der Waals surface area contributed by atoms with Gasteiger partial charge in [0.2, 0.25) is 0 Å². The van der Waals surface area contributed by atoms with Gasteiger partial charge in [-0.15, -0.1) is 0 Å². The second-order valence-corrected chi connectivity index (χ2v) is 4.35. The van der Waals surface area contributed by atoms with Gasteiger partial charge in [0.25, 0.3) is 0 Å². The van der Waals surface area contributed by atoms with Gasteiger partial charge in [0.1, 0.15) is 17.2 Å². The van der Waals surface area contributed by atoms with Crippen molar-refractivity contribution in [1.82, 2.24) is 4.98 Å². The number of benzene rings is 1. The molecule has 2 aromatic rings. The van der Waals surface area contributed by atoms with Gasteiger partial charge >= 0.3 is 0 Å². The lowest BCUT2D eigenvalue weighted by atomic mass is 10.0. The molecule has 0 saturated carbocycles. The zero-order chi connectivity index (χ0) is 13.3. The molecule has 0 atom stereocenters. The van der Waals surface area contributed by atoms with Crippen molar-refractivity contribution in [1.29, 1.82) is 0 Å². The Hall–Kier alpha value is -1.81. The molecule has 18 heavy (non-hydrogen) atoms. The van der Waals surface area contributed by atoms with E-state index in [1.54, 1.807) is 7.11 Å². The minimum Gasteiger partial charge on any atom is -0.496 e. The lowest BCUT2D eigenvalue weighted by molar-refractivity contribution is 0.411. The first-order chi connectivity index (χ1) is 8.56. The van der Waals surface area contributed by atoms with Crippen LogP contribution < -0.4 is 10.5 Å². The normalized spacial score (nSPS) is 10.7. The zero-order valence-electron chi connectivity index (χ0n) is 11.2. The molecule has 0 bridgehead atoms. The summed E-state index contributed by atoms with van der Waals surface area (Å²) < 4.78 is 10.8. The number of aromatic nitrogens is 1. The lowest BCUT2D eigenvalue weighted by Crippen LogP contribution is -1.98. The fraction of sp³-hybridized carbons (Fsp3) is 0.357.